The van der Waals surface area contributed by atoms with Crippen molar-refractivity contribution < 1.29 is 9.90 Å². The van der Waals surface area contributed by atoms with Crippen LogP contribution in [0.4, 0.5) is 0 Å². The Morgan fingerprint density at radius 2 is 2.38 bits per heavy atom. The quantitative estimate of drug-likeness (QED) is 0.821. The molecular weight excluding hydrogens is 290 g/mol. The predicted molar refractivity (Wildman–Crippen MR) is 70.1 cm³/mol. The molecule has 1 atom stereocenters. The molecule has 1 N–H and O–H groups in total. The van der Waals surface area contributed by atoms with Crippen molar-refractivity contribution in [1.82, 2.24) is 4.90 Å². The lowest BCUT2D eigenvalue weighted by atomic mass is 10.2. The van der Waals surface area contributed by atoms with E-state index in [0.717, 1.165) is 15.9 Å². The summed E-state index contributed by atoms with van der Waals surface area (Å²) in [6, 6.07) is 1.88. The van der Waals surface area contributed by atoms with Crippen molar-refractivity contribution >= 4 is 33.0 Å². The highest BCUT2D eigenvalue weighted by Gasteiger charge is 2.13. The summed E-state index contributed by atoms with van der Waals surface area (Å²) in [6.07, 6.45) is 0.376. The number of carbonyl (C=O) groups excluding carboxylic acids is 1. The summed E-state index contributed by atoms with van der Waals surface area (Å²) in [6.45, 7) is 2.88. The van der Waals surface area contributed by atoms with Gasteiger partial charge in [0.15, 0.2) is 5.78 Å². The Kier molecular flexibility index (Phi) is 5.61. The molecule has 1 aromatic rings. The van der Waals surface area contributed by atoms with Crippen LogP contribution in [0.2, 0.25) is 0 Å². The largest absolute Gasteiger partial charge is 0.393 e. The van der Waals surface area contributed by atoms with Gasteiger partial charge in [-0.15, -0.1) is 11.3 Å². The van der Waals surface area contributed by atoms with Crippen LogP contribution in [0, 0.1) is 0 Å². The maximum atomic E-state index is 11.9. The smallest absolute Gasteiger partial charge is 0.187 e. The molecule has 3 nitrogen and oxygen atoms in total. The van der Waals surface area contributed by atoms with Gasteiger partial charge in [-0.05, 0) is 47.8 Å². The van der Waals surface area contributed by atoms with Gasteiger partial charge in [-0.1, -0.05) is 0 Å². The van der Waals surface area contributed by atoms with Gasteiger partial charge in [-0.25, -0.2) is 0 Å². The average molecular weight is 306 g/mol. The third kappa shape index (κ3) is 4.33. The highest BCUT2D eigenvalue weighted by molar-refractivity contribution is 9.10. The van der Waals surface area contributed by atoms with Crippen LogP contribution in [0.25, 0.3) is 0 Å². The van der Waals surface area contributed by atoms with E-state index < -0.39 is 0 Å². The first-order valence-corrected chi connectivity index (χ1v) is 6.80. The fourth-order valence-electron chi connectivity index (χ4n) is 1.30. The summed E-state index contributed by atoms with van der Waals surface area (Å²) in [5, 5.41) is 11.0. The zero-order chi connectivity index (χ0) is 12.1. The van der Waals surface area contributed by atoms with Gasteiger partial charge in [0.05, 0.1) is 17.5 Å². The minimum absolute atomic E-state index is 0.120. The number of rotatable bonds is 6. The number of thiophene rings is 1. The van der Waals surface area contributed by atoms with E-state index in [4.69, 9.17) is 5.11 Å². The molecule has 0 aliphatic carbocycles. The Morgan fingerprint density at radius 3 is 2.88 bits per heavy atom. The maximum Gasteiger partial charge on any atom is 0.187 e. The van der Waals surface area contributed by atoms with Crippen LogP contribution < -0.4 is 0 Å². The molecule has 1 unspecified atom stereocenters. The number of aliphatic hydroxyl groups excluding tert-OH is 1. The molecule has 0 aromatic carbocycles. The topological polar surface area (TPSA) is 40.5 Å². The standard InChI is InChI=1S/C11H16BrNO2S/c1-8(14)3-5-13(2)7-10(15)11-9(12)4-6-16-11/h4,6,8,14H,3,5,7H2,1-2H3. The Labute approximate surface area is 108 Å². The first-order valence-electron chi connectivity index (χ1n) is 5.13. The molecular formula is C11H16BrNO2S. The summed E-state index contributed by atoms with van der Waals surface area (Å²) in [4.78, 5) is 14.6. The number of hydrogen-bond acceptors (Lipinski definition) is 4. The summed E-state index contributed by atoms with van der Waals surface area (Å²) in [5.41, 5.74) is 0. The zero-order valence-corrected chi connectivity index (χ0v) is 11.8. The first kappa shape index (κ1) is 13.8. The summed E-state index contributed by atoms with van der Waals surface area (Å²) >= 11 is 4.80. The lowest BCUT2D eigenvalue weighted by Gasteiger charge is -2.16. The second-order valence-corrected chi connectivity index (χ2v) is 5.67. The molecule has 0 aliphatic heterocycles. The number of hydrogen-bond donors (Lipinski definition) is 1. The van der Waals surface area contributed by atoms with Gasteiger partial charge in [0.2, 0.25) is 0 Å². The molecule has 1 rings (SSSR count). The van der Waals surface area contributed by atoms with E-state index >= 15 is 0 Å². The highest BCUT2D eigenvalue weighted by Crippen LogP contribution is 2.23. The van der Waals surface area contributed by atoms with E-state index in [1.54, 1.807) is 6.92 Å². The van der Waals surface area contributed by atoms with Crippen molar-refractivity contribution in [3.8, 4) is 0 Å². The third-order valence-electron chi connectivity index (χ3n) is 2.21. The SMILES string of the molecule is CC(O)CCN(C)CC(=O)c1sccc1Br. The Hall–Kier alpha value is -0.230. The molecule has 90 valence electrons. The number of nitrogens with zero attached hydrogens (tertiary/aromatic N) is 1. The normalized spacial score (nSPS) is 13.1. The number of likely N-dealkylation sites (N-methyl/N-ethyl adjacent to an activating group) is 1. The Balaban J connectivity index is 2.43. The molecule has 0 saturated carbocycles. The lowest BCUT2D eigenvalue weighted by molar-refractivity contribution is 0.0935. The van der Waals surface area contributed by atoms with Crippen LogP contribution in [0.5, 0.6) is 0 Å². The minimum atomic E-state index is -0.314. The van der Waals surface area contributed by atoms with E-state index in [1.165, 1.54) is 11.3 Å². The van der Waals surface area contributed by atoms with Crippen LogP contribution in [-0.4, -0.2) is 42.0 Å². The molecule has 1 aromatic heterocycles. The minimum Gasteiger partial charge on any atom is -0.393 e. The molecule has 16 heavy (non-hydrogen) atoms. The Bertz CT molecular complexity index is 352. The van der Waals surface area contributed by atoms with Crippen molar-refractivity contribution in [2.45, 2.75) is 19.4 Å². The van der Waals surface area contributed by atoms with Gasteiger partial charge in [0, 0.05) is 11.0 Å². The van der Waals surface area contributed by atoms with Gasteiger partial charge < -0.3 is 5.11 Å². The molecule has 5 heteroatoms. The fraction of sp³-hybridized carbons (Fsp3) is 0.545. The second kappa shape index (κ2) is 6.49. The van der Waals surface area contributed by atoms with Crippen molar-refractivity contribution in [1.29, 1.82) is 0 Å². The molecule has 0 radical (unpaired) electrons. The fourth-order valence-corrected chi connectivity index (χ4v) is 2.82. The van der Waals surface area contributed by atoms with E-state index in [-0.39, 0.29) is 11.9 Å². The van der Waals surface area contributed by atoms with Crippen LogP contribution >= 0.6 is 27.3 Å². The monoisotopic (exact) mass is 305 g/mol. The van der Waals surface area contributed by atoms with Gasteiger partial charge in [0.1, 0.15) is 0 Å². The van der Waals surface area contributed by atoms with Gasteiger partial charge >= 0.3 is 0 Å². The molecule has 0 fully saturated rings. The molecule has 0 bridgehead atoms. The predicted octanol–water partition coefficient (Wildman–Crippen LogP) is 2.40. The van der Waals surface area contributed by atoms with Crippen LogP contribution in [0.3, 0.4) is 0 Å². The van der Waals surface area contributed by atoms with Gasteiger partial charge in [0.25, 0.3) is 0 Å². The van der Waals surface area contributed by atoms with Gasteiger partial charge in [-0.2, -0.15) is 0 Å². The number of aliphatic hydroxyl groups is 1. The zero-order valence-electron chi connectivity index (χ0n) is 9.44. The van der Waals surface area contributed by atoms with Crippen molar-refractivity contribution in [3.63, 3.8) is 0 Å². The van der Waals surface area contributed by atoms with Crippen LogP contribution in [-0.2, 0) is 0 Å². The summed E-state index contributed by atoms with van der Waals surface area (Å²) < 4.78 is 0.867. The first-order chi connectivity index (χ1) is 7.50. The van der Waals surface area contributed by atoms with E-state index in [0.29, 0.717) is 13.0 Å². The molecule has 0 saturated heterocycles. The molecule has 1 heterocycles. The van der Waals surface area contributed by atoms with Crippen LogP contribution in [0.15, 0.2) is 15.9 Å². The molecule has 0 aliphatic rings. The maximum absolute atomic E-state index is 11.9. The second-order valence-electron chi connectivity index (χ2n) is 3.90. The van der Waals surface area contributed by atoms with Crippen molar-refractivity contribution in [2.24, 2.45) is 0 Å². The summed E-state index contributed by atoms with van der Waals surface area (Å²) in [7, 11) is 1.89. The van der Waals surface area contributed by atoms with E-state index in [2.05, 4.69) is 15.9 Å². The molecule has 0 spiro atoms. The van der Waals surface area contributed by atoms with Crippen LogP contribution in [0.1, 0.15) is 23.0 Å². The number of ketones is 1. The molecule has 0 amide bonds. The van der Waals surface area contributed by atoms with Crippen molar-refractivity contribution in [3.05, 3.63) is 20.8 Å². The van der Waals surface area contributed by atoms with Gasteiger partial charge in [-0.3, -0.25) is 9.69 Å². The Morgan fingerprint density at radius 1 is 1.69 bits per heavy atom. The number of carbonyl (C=O) groups is 1. The highest BCUT2D eigenvalue weighted by atomic mass is 79.9. The third-order valence-corrected chi connectivity index (χ3v) is 4.09. The van der Waals surface area contributed by atoms with Crippen molar-refractivity contribution in [2.75, 3.05) is 20.1 Å². The van der Waals surface area contributed by atoms with E-state index in [1.807, 2.05) is 23.4 Å². The number of halogens is 1. The lowest BCUT2D eigenvalue weighted by Crippen LogP contribution is -2.28. The van der Waals surface area contributed by atoms with E-state index in [9.17, 15) is 4.79 Å². The number of Topliss-reactive ketones (excluding diaryl/α,β-unsaturated/α-hetero) is 1. The summed E-state index contributed by atoms with van der Waals surface area (Å²) in [5.74, 6) is 0.120. The average Bonchev–Trinajstić information content (AvgIpc) is 2.61.